The van der Waals surface area contributed by atoms with Crippen LogP contribution in [0.5, 0.6) is 0 Å². The summed E-state index contributed by atoms with van der Waals surface area (Å²) in [6.07, 6.45) is -0.247. The van der Waals surface area contributed by atoms with E-state index in [1.807, 2.05) is 5.92 Å². The summed E-state index contributed by atoms with van der Waals surface area (Å²) >= 11 is 0. The normalized spacial score (nSPS) is 35.2. The van der Waals surface area contributed by atoms with Crippen LogP contribution in [-0.2, 0) is 4.74 Å². The van der Waals surface area contributed by atoms with Gasteiger partial charge in [0.05, 0.1) is 9.30 Å². The third-order valence-electron chi connectivity index (χ3n) is 3.15. The summed E-state index contributed by atoms with van der Waals surface area (Å²) in [7, 11) is 0. The van der Waals surface area contributed by atoms with Crippen LogP contribution in [0.3, 0.4) is 0 Å². The van der Waals surface area contributed by atoms with Crippen LogP contribution in [0.2, 0.25) is 0 Å². The first-order valence-electron chi connectivity index (χ1n) is 6.64. The summed E-state index contributed by atoms with van der Waals surface area (Å²) in [6.45, 7) is -1.52. The van der Waals surface area contributed by atoms with E-state index in [9.17, 15) is 20.1 Å². The lowest BCUT2D eigenvalue weighted by molar-refractivity contribution is -0.0773. The molecule has 1 aliphatic rings. The molecule has 0 radical (unpaired) electrons. The van der Waals surface area contributed by atoms with Gasteiger partial charge in [0.15, 0.2) is 11.8 Å². The van der Waals surface area contributed by atoms with E-state index in [1.54, 1.807) is 0 Å². The summed E-state index contributed by atoms with van der Waals surface area (Å²) in [5.74, 6) is 1.83. The molecule has 0 saturated carbocycles. The van der Waals surface area contributed by atoms with E-state index in [0.717, 1.165) is 4.57 Å². The molecular formula is C12H15N3O5. The molecule has 1 saturated heterocycles. The number of nitrogen functional groups attached to an aromatic ring is 1. The zero-order valence-electron chi connectivity index (χ0n) is 12.5. The number of aliphatic hydroxyl groups is 3. The van der Waals surface area contributed by atoms with Crippen molar-refractivity contribution in [2.24, 2.45) is 0 Å². The number of aromatic nitrogens is 2. The van der Waals surface area contributed by atoms with Crippen LogP contribution in [0.1, 0.15) is 14.7 Å². The number of anilines is 1. The fourth-order valence-electron chi connectivity index (χ4n) is 2.13. The molecule has 8 heteroatoms. The second-order valence-corrected chi connectivity index (χ2v) is 4.43. The van der Waals surface area contributed by atoms with Gasteiger partial charge in [0.2, 0.25) is 0 Å². The van der Waals surface area contributed by atoms with Crippen molar-refractivity contribution in [1.29, 1.82) is 0 Å². The monoisotopic (exact) mass is 283 g/mol. The number of rotatable bonds is 2. The predicted molar refractivity (Wildman–Crippen MR) is 68.4 cm³/mol. The largest absolute Gasteiger partial charge is 0.394 e. The summed E-state index contributed by atoms with van der Waals surface area (Å²) in [5, 5.41) is 29.9. The number of terminal acetylenes is 1. The van der Waals surface area contributed by atoms with Gasteiger partial charge in [-0.15, -0.1) is 6.42 Å². The lowest BCUT2D eigenvalue weighted by Crippen LogP contribution is -2.48. The van der Waals surface area contributed by atoms with Gasteiger partial charge in [-0.1, -0.05) is 5.92 Å². The summed E-state index contributed by atoms with van der Waals surface area (Å²) < 4.78 is 20.5. The van der Waals surface area contributed by atoms with Crippen molar-refractivity contribution in [2.75, 3.05) is 12.3 Å². The fourth-order valence-corrected chi connectivity index (χ4v) is 2.13. The van der Waals surface area contributed by atoms with Crippen molar-refractivity contribution >= 4 is 5.82 Å². The molecule has 1 aliphatic heterocycles. The molecular weight excluding hydrogens is 266 g/mol. The number of nitrogens with zero attached hydrogens (tertiary/aromatic N) is 2. The Hall–Kier alpha value is -1.92. The number of hydrogen-bond acceptors (Lipinski definition) is 7. The Kier molecular flexibility index (Phi) is 2.90. The van der Waals surface area contributed by atoms with Gasteiger partial charge >= 0.3 is 5.69 Å². The van der Waals surface area contributed by atoms with Crippen molar-refractivity contribution in [1.82, 2.24) is 9.55 Å². The van der Waals surface area contributed by atoms with Crippen molar-refractivity contribution in [2.45, 2.75) is 31.0 Å². The van der Waals surface area contributed by atoms with Gasteiger partial charge in [-0.25, -0.2) is 4.79 Å². The SMILES string of the molecule is [2H]C([2H])(O)[C@H]1O[C@@H](n2c(C)cc(N)nc2=O)C(O)(C#C)[C@H]1O. The first kappa shape index (κ1) is 11.9. The maximum Gasteiger partial charge on any atom is 0.351 e. The highest BCUT2D eigenvalue weighted by atomic mass is 16.6. The average molecular weight is 283 g/mol. The minimum Gasteiger partial charge on any atom is -0.394 e. The molecule has 1 aromatic rings. The van der Waals surface area contributed by atoms with E-state index in [2.05, 4.69) is 4.98 Å². The smallest absolute Gasteiger partial charge is 0.351 e. The molecule has 20 heavy (non-hydrogen) atoms. The van der Waals surface area contributed by atoms with Crippen LogP contribution in [0, 0.1) is 19.3 Å². The third kappa shape index (κ3) is 1.97. The highest BCUT2D eigenvalue weighted by Gasteiger charge is 2.56. The molecule has 8 nitrogen and oxygen atoms in total. The summed E-state index contributed by atoms with van der Waals surface area (Å²) in [4.78, 5) is 15.5. The zero-order chi connectivity index (χ0) is 16.9. The fraction of sp³-hybridized carbons (Fsp3) is 0.500. The molecule has 5 N–H and O–H groups in total. The van der Waals surface area contributed by atoms with Crippen LogP contribution < -0.4 is 11.4 Å². The van der Waals surface area contributed by atoms with E-state index in [-0.39, 0.29) is 11.5 Å². The molecule has 0 aromatic carbocycles. The number of nitrogens with two attached hydrogens (primary N) is 1. The molecule has 4 atom stereocenters. The first-order valence-corrected chi connectivity index (χ1v) is 5.64. The number of hydrogen-bond donors (Lipinski definition) is 4. The average Bonchev–Trinajstić information content (AvgIpc) is 2.63. The van der Waals surface area contributed by atoms with Gasteiger partial charge in [0.1, 0.15) is 18.0 Å². The Morgan fingerprint density at radius 2 is 2.45 bits per heavy atom. The Morgan fingerprint density at radius 1 is 1.80 bits per heavy atom. The van der Waals surface area contributed by atoms with E-state index in [0.29, 0.717) is 0 Å². The minimum atomic E-state index is -2.99. The van der Waals surface area contributed by atoms with Crippen LogP contribution >= 0.6 is 0 Å². The summed E-state index contributed by atoms with van der Waals surface area (Å²) in [6, 6.07) is 1.31. The van der Waals surface area contributed by atoms with E-state index >= 15 is 0 Å². The second-order valence-electron chi connectivity index (χ2n) is 4.43. The maximum atomic E-state index is 12.0. The third-order valence-corrected chi connectivity index (χ3v) is 3.15. The minimum absolute atomic E-state index is 0.0596. The van der Waals surface area contributed by atoms with E-state index in [1.165, 1.54) is 13.0 Å². The van der Waals surface area contributed by atoms with Crippen molar-refractivity contribution in [3.05, 3.63) is 22.2 Å². The standard InChI is InChI=1S/C12H15N3O5/c1-3-12(19)9(17)7(5-16)20-10(12)15-6(2)4-8(13)14-11(15)18/h1,4,7,9-10,16-17,19H,5H2,2H3,(H2,13,14,18)/t7-,9+,10-,12?/m1/s1/i5D2. The molecule has 2 heterocycles. The molecule has 0 amide bonds. The zero-order valence-corrected chi connectivity index (χ0v) is 10.5. The first-order chi connectivity index (χ1) is 10.0. The topological polar surface area (TPSA) is 131 Å². The Labute approximate surface area is 117 Å². The van der Waals surface area contributed by atoms with Crippen LogP contribution in [0.15, 0.2) is 10.9 Å². The molecule has 0 bridgehead atoms. The van der Waals surface area contributed by atoms with Crippen LogP contribution in [0.4, 0.5) is 5.82 Å². The van der Waals surface area contributed by atoms with Gasteiger partial charge in [-0.3, -0.25) is 4.57 Å². The van der Waals surface area contributed by atoms with Gasteiger partial charge in [-0.2, -0.15) is 4.98 Å². The Bertz CT molecular complexity index is 695. The molecule has 0 spiro atoms. The quantitative estimate of drug-likeness (QED) is 0.451. The van der Waals surface area contributed by atoms with Crippen LogP contribution in [0.25, 0.3) is 0 Å². The number of aryl methyl sites for hydroxylation is 1. The number of ether oxygens (including phenoxy) is 1. The van der Waals surface area contributed by atoms with Crippen LogP contribution in [-0.4, -0.2) is 49.2 Å². The second kappa shape index (κ2) is 4.88. The maximum absolute atomic E-state index is 12.0. The van der Waals surface area contributed by atoms with Gasteiger partial charge in [-0.05, 0) is 13.0 Å². The molecule has 1 unspecified atom stereocenters. The van der Waals surface area contributed by atoms with E-state index in [4.69, 9.17) is 19.6 Å². The lowest BCUT2D eigenvalue weighted by atomic mass is 9.95. The highest BCUT2D eigenvalue weighted by Crippen LogP contribution is 2.37. The summed E-state index contributed by atoms with van der Waals surface area (Å²) in [5.41, 5.74) is 2.32. The molecule has 0 aliphatic carbocycles. The molecule has 2 rings (SSSR count). The van der Waals surface area contributed by atoms with Gasteiger partial charge in [0.25, 0.3) is 0 Å². The Balaban J connectivity index is 2.61. The molecule has 108 valence electrons. The molecule has 1 aromatic heterocycles. The van der Waals surface area contributed by atoms with Crippen molar-refractivity contribution in [3.63, 3.8) is 0 Å². The van der Waals surface area contributed by atoms with Gasteiger partial charge in [0, 0.05) is 5.69 Å². The van der Waals surface area contributed by atoms with Crippen molar-refractivity contribution in [3.8, 4) is 12.3 Å². The van der Waals surface area contributed by atoms with Gasteiger partial charge < -0.3 is 25.8 Å². The predicted octanol–water partition coefficient (Wildman–Crippen LogP) is -2.25. The highest BCUT2D eigenvalue weighted by molar-refractivity contribution is 5.29. The number of aliphatic hydroxyl groups excluding tert-OH is 1. The Morgan fingerprint density at radius 3 is 2.95 bits per heavy atom. The molecule has 1 fully saturated rings. The van der Waals surface area contributed by atoms with E-state index < -0.39 is 36.3 Å². The van der Waals surface area contributed by atoms with Crippen molar-refractivity contribution < 1.29 is 22.8 Å². The lowest BCUT2D eigenvalue weighted by Gasteiger charge is -2.27.